The van der Waals surface area contributed by atoms with Gasteiger partial charge in [0.1, 0.15) is 0 Å². The van der Waals surface area contributed by atoms with Crippen LogP contribution in [0.15, 0.2) is 41.5 Å². The Labute approximate surface area is 153 Å². The van der Waals surface area contributed by atoms with Crippen LogP contribution >= 0.6 is 11.3 Å². The monoisotopic (exact) mass is 358 g/mol. The summed E-state index contributed by atoms with van der Waals surface area (Å²) in [6.07, 6.45) is 3.08. The number of thiazole rings is 1. The first kappa shape index (κ1) is 17.9. The van der Waals surface area contributed by atoms with Crippen LogP contribution in [0.3, 0.4) is 0 Å². The van der Waals surface area contributed by atoms with Crippen LogP contribution in [0.25, 0.3) is 0 Å². The number of rotatable bonds is 6. The van der Waals surface area contributed by atoms with Gasteiger partial charge in [0, 0.05) is 37.1 Å². The summed E-state index contributed by atoms with van der Waals surface area (Å²) in [7, 11) is 1.85. The molecule has 1 unspecified atom stereocenters. The van der Waals surface area contributed by atoms with Crippen molar-refractivity contribution in [2.24, 2.45) is 10.9 Å². The lowest BCUT2D eigenvalue weighted by Crippen LogP contribution is -2.39. The minimum Gasteiger partial charge on any atom is -0.376 e. The Morgan fingerprint density at radius 3 is 2.96 bits per heavy atom. The molecule has 0 aliphatic carbocycles. The minimum atomic E-state index is 0.563. The fourth-order valence-electron chi connectivity index (χ4n) is 3.06. The van der Waals surface area contributed by atoms with E-state index in [1.54, 1.807) is 11.3 Å². The van der Waals surface area contributed by atoms with Gasteiger partial charge in [-0.2, -0.15) is 0 Å². The van der Waals surface area contributed by atoms with Crippen LogP contribution in [0, 0.1) is 12.8 Å². The van der Waals surface area contributed by atoms with E-state index < -0.39 is 0 Å². The number of aliphatic imine (C=N–C) groups is 1. The molecule has 0 amide bonds. The summed E-state index contributed by atoms with van der Waals surface area (Å²) in [5, 5.41) is 4.55. The van der Waals surface area contributed by atoms with Crippen LogP contribution in [0.5, 0.6) is 0 Å². The lowest BCUT2D eigenvalue weighted by atomic mass is 10.1. The van der Waals surface area contributed by atoms with E-state index in [-0.39, 0.29) is 0 Å². The quantitative estimate of drug-likeness (QED) is 0.637. The largest absolute Gasteiger partial charge is 0.376 e. The van der Waals surface area contributed by atoms with E-state index in [1.807, 2.05) is 26.2 Å². The number of nitrogens with one attached hydrogen (secondary N) is 1. The molecule has 1 aromatic heterocycles. The molecule has 6 heteroatoms. The van der Waals surface area contributed by atoms with Gasteiger partial charge in [-0.25, -0.2) is 4.98 Å². The van der Waals surface area contributed by atoms with Crippen molar-refractivity contribution in [1.29, 1.82) is 0 Å². The molecule has 0 radical (unpaired) electrons. The molecule has 0 spiro atoms. The smallest absolute Gasteiger partial charge is 0.193 e. The molecule has 1 atom stereocenters. The molecule has 3 rings (SSSR count). The molecule has 1 N–H and O–H groups in total. The standard InChI is InChI=1S/C19H26N4OS/c1-15-21-10-18(25-15)11-22-19(20-2)23-9-8-17(12-23)14-24-13-16-6-4-3-5-7-16/h3-7,10,17H,8-9,11-14H2,1-2H3,(H,20,22). The van der Waals surface area contributed by atoms with Crippen molar-refractivity contribution in [2.75, 3.05) is 26.7 Å². The van der Waals surface area contributed by atoms with Crippen LogP contribution in [0.4, 0.5) is 0 Å². The van der Waals surface area contributed by atoms with Gasteiger partial charge in [0.25, 0.3) is 0 Å². The number of hydrogen-bond donors (Lipinski definition) is 1. The first-order valence-corrected chi connectivity index (χ1v) is 9.55. The van der Waals surface area contributed by atoms with Crippen LogP contribution < -0.4 is 5.32 Å². The van der Waals surface area contributed by atoms with Gasteiger partial charge in [0.2, 0.25) is 0 Å². The Morgan fingerprint density at radius 2 is 2.24 bits per heavy atom. The molecular formula is C19H26N4OS. The highest BCUT2D eigenvalue weighted by molar-refractivity contribution is 7.11. The summed E-state index contributed by atoms with van der Waals surface area (Å²) >= 11 is 1.73. The zero-order chi connectivity index (χ0) is 17.5. The van der Waals surface area contributed by atoms with Crippen LogP contribution in [-0.2, 0) is 17.9 Å². The summed E-state index contributed by atoms with van der Waals surface area (Å²) in [5.74, 6) is 1.53. The van der Waals surface area contributed by atoms with Gasteiger partial charge in [-0.05, 0) is 18.9 Å². The van der Waals surface area contributed by atoms with Gasteiger partial charge in [-0.3, -0.25) is 4.99 Å². The molecule has 1 aliphatic heterocycles. The fourth-order valence-corrected chi connectivity index (χ4v) is 3.80. The van der Waals surface area contributed by atoms with Crippen LogP contribution in [0.1, 0.15) is 21.9 Å². The zero-order valence-electron chi connectivity index (χ0n) is 14.9. The van der Waals surface area contributed by atoms with Crippen molar-refractivity contribution in [3.8, 4) is 0 Å². The van der Waals surface area contributed by atoms with Crippen molar-refractivity contribution in [2.45, 2.75) is 26.5 Å². The summed E-state index contributed by atoms with van der Waals surface area (Å²) in [6.45, 7) is 6.33. The number of aromatic nitrogens is 1. The molecule has 5 nitrogen and oxygen atoms in total. The second kappa shape index (κ2) is 8.97. The van der Waals surface area contributed by atoms with E-state index >= 15 is 0 Å². The maximum absolute atomic E-state index is 5.90. The number of nitrogens with zero attached hydrogens (tertiary/aromatic N) is 3. The summed E-state index contributed by atoms with van der Waals surface area (Å²) in [4.78, 5) is 12.3. The first-order chi connectivity index (χ1) is 12.2. The van der Waals surface area contributed by atoms with E-state index in [1.165, 1.54) is 10.4 Å². The van der Waals surface area contributed by atoms with E-state index in [0.717, 1.165) is 43.6 Å². The molecule has 25 heavy (non-hydrogen) atoms. The Balaban J connectivity index is 1.41. The third-order valence-electron chi connectivity index (χ3n) is 4.35. The summed E-state index contributed by atoms with van der Waals surface area (Å²) in [5.41, 5.74) is 1.23. The SMILES string of the molecule is CN=C(NCc1cnc(C)s1)N1CCC(COCc2ccccc2)C1. The average molecular weight is 359 g/mol. The number of guanidine groups is 1. The van der Waals surface area contributed by atoms with Gasteiger partial charge in [0.15, 0.2) is 5.96 Å². The zero-order valence-corrected chi connectivity index (χ0v) is 15.8. The normalized spacial score (nSPS) is 17.9. The predicted molar refractivity (Wildman–Crippen MR) is 103 cm³/mol. The molecule has 0 bridgehead atoms. The van der Waals surface area contributed by atoms with Gasteiger partial charge >= 0.3 is 0 Å². The molecule has 134 valence electrons. The van der Waals surface area contributed by atoms with Crippen molar-refractivity contribution >= 4 is 17.3 Å². The van der Waals surface area contributed by atoms with Crippen LogP contribution in [0.2, 0.25) is 0 Å². The topological polar surface area (TPSA) is 49.8 Å². The van der Waals surface area contributed by atoms with Gasteiger partial charge in [0.05, 0.1) is 24.8 Å². The Morgan fingerprint density at radius 1 is 1.40 bits per heavy atom. The lowest BCUT2D eigenvalue weighted by Gasteiger charge is -2.21. The van der Waals surface area contributed by atoms with Crippen molar-refractivity contribution in [3.05, 3.63) is 52.0 Å². The maximum atomic E-state index is 5.90. The fraction of sp³-hybridized carbons (Fsp3) is 0.474. The Kier molecular flexibility index (Phi) is 6.42. The van der Waals surface area contributed by atoms with Crippen molar-refractivity contribution in [3.63, 3.8) is 0 Å². The average Bonchev–Trinajstić information content (AvgIpc) is 3.26. The highest BCUT2D eigenvalue weighted by Gasteiger charge is 2.25. The molecule has 1 fully saturated rings. The molecule has 1 saturated heterocycles. The molecule has 2 aromatic rings. The van der Waals surface area contributed by atoms with E-state index in [0.29, 0.717) is 12.5 Å². The number of likely N-dealkylation sites (tertiary alicyclic amines) is 1. The number of benzene rings is 1. The summed E-state index contributed by atoms with van der Waals surface area (Å²) in [6, 6.07) is 10.3. The van der Waals surface area contributed by atoms with Crippen molar-refractivity contribution < 1.29 is 4.74 Å². The number of aryl methyl sites for hydroxylation is 1. The maximum Gasteiger partial charge on any atom is 0.193 e. The third-order valence-corrected chi connectivity index (χ3v) is 5.26. The molecule has 2 heterocycles. The van der Waals surface area contributed by atoms with E-state index in [9.17, 15) is 0 Å². The van der Waals surface area contributed by atoms with E-state index in [4.69, 9.17) is 4.74 Å². The minimum absolute atomic E-state index is 0.563. The van der Waals surface area contributed by atoms with Gasteiger partial charge in [-0.1, -0.05) is 30.3 Å². The van der Waals surface area contributed by atoms with Gasteiger partial charge < -0.3 is 15.0 Å². The van der Waals surface area contributed by atoms with Crippen molar-refractivity contribution in [1.82, 2.24) is 15.2 Å². The molecule has 1 aliphatic rings. The summed E-state index contributed by atoms with van der Waals surface area (Å²) < 4.78 is 5.90. The highest BCUT2D eigenvalue weighted by atomic mass is 32.1. The van der Waals surface area contributed by atoms with Gasteiger partial charge in [-0.15, -0.1) is 11.3 Å². The highest BCUT2D eigenvalue weighted by Crippen LogP contribution is 2.18. The number of ether oxygens (including phenoxy) is 1. The third kappa shape index (κ3) is 5.28. The second-order valence-corrected chi connectivity index (χ2v) is 7.67. The molecular weight excluding hydrogens is 332 g/mol. The molecule has 0 saturated carbocycles. The Hall–Kier alpha value is -1.92. The Bertz CT molecular complexity index is 686. The lowest BCUT2D eigenvalue weighted by molar-refractivity contribution is 0.0906. The molecule has 1 aromatic carbocycles. The second-order valence-electron chi connectivity index (χ2n) is 6.35. The number of hydrogen-bond acceptors (Lipinski definition) is 4. The predicted octanol–water partition coefficient (Wildman–Crippen LogP) is 3.07. The van der Waals surface area contributed by atoms with E-state index in [2.05, 4.69) is 44.5 Å². The first-order valence-electron chi connectivity index (χ1n) is 8.73. The van der Waals surface area contributed by atoms with Crippen LogP contribution in [-0.4, -0.2) is 42.6 Å².